The van der Waals surface area contributed by atoms with Crippen LogP contribution in [0.2, 0.25) is 0 Å². The fourth-order valence-electron chi connectivity index (χ4n) is 1.74. The largest absolute Gasteiger partial charge is 0.501 e. The first kappa shape index (κ1) is 10.6. The zero-order valence-corrected chi connectivity index (χ0v) is 9.51. The molecular weight excluding hydrogens is 210 g/mol. The molecule has 3 N–H and O–H groups in total. The zero-order chi connectivity index (χ0) is 10.7. The summed E-state index contributed by atoms with van der Waals surface area (Å²) in [5, 5.41) is 0. The molecule has 2 heterocycles. The molecule has 1 aliphatic rings. The third kappa shape index (κ3) is 2.19. The predicted molar refractivity (Wildman–Crippen MR) is 60.2 cm³/mol. The molecule has 1 atom stereocenters. The standard InChI is InChI=1S/C10H15N3OS/c1-7-10(15-6-12-7)9(13-11)8-3-2-4-14-5-8/h5-6,9,13H,2-4,11H2,1H3. The molecule has 4 nitrogen and oxygen atoms in total. The lowest BCUT2D eigenvalue weighted by molar-refractivity contribution is 0.219. The van der Waals surface area contributed by atoms with Crippen LogP contribution in [0.4, 0.5) is 0 Å². The summed E-state index contributed by atoms with van der Waals surface area (Å²) in [7, 11) is 0. The molecule has 0 radical (unpaired) electrons. The summed E-state index contributed by atoms with van der Waals surface area (Å²) in [6, 6.07) is 0.0535. The molecule has 15 heavy (non-hydrogen) atoms. The molecule has 1 aliphatic heterocycles. The van der Waals surface area contributed by atoms with Gasteiger partial charge in [-0.25, -0.2) is 10.4 Å². The number of nitrogens with zero attached hydrogens (tertiary/aromatic N) is 1. The Morgan fingerprint density at radius 2 is 2.53 bits per heavy atom. The molecule has 1 aromatic heterocycles. The third-order valence-corrected chi connectivity index (χ3v) is 3.54. The highest BCUT2D eigenvalue weighted by atomic mass is 32.1. The van der Waals surface area contributed by atoms with E-state index in [-0.39, 0.29) is 6.04 Å². The number of hydrazine groups is 1. The average molecular weight is 225 g/mol. The molecule has 0 saturated heterocycles. The first-order chi connectivity index (χ1) is 7.33. The third-order valence-electron chi connectivity index (χ3n) is 2.54. The molecule has 0 aliphatic carbocycles. The molecule has 0 bridgehead atoms. The number of hydrogen-bond donors (Lipinski definition) is 2. The van der Waals surface area contributed by atoms with Crippen LogP contribution in [0.25, 0.3) is 0 Å². The molecule has 2 rings (SSSR count). The van der Waals surface area contributed by atoms with Gasteiger partial charge in [0.25, 0.3) is 0 Å². The smallest absolute Gasteiger partial charge is 0.0876 e. The second kappa shape index (κ2) is 4.74. The van der Waals surface area contributed by atoms with Gasteiger partial charge in [-0.15, -0.1) is 11.3 Å². The summed E-state index contributed by atoms with van der Waals surface area (Å²) < 4.78 is 5.33. The van der Waals surface area contributed by atoms with E-state index in [1.807, 2.05) is 18.7 Å². The first-order valence-corrected chi connectivity index (χ1v) is 5.87. The topological polar surface area (TPSA) is 60.2 Å². The van der Waals surface area contributed by atoms with Crippen molar-refractivity contribution in [2.75, 3.05) is 6.61 Å². The summed E-state index contributed by atoms with van der Waals surface area (Å²) >= 11 is 1.63. The van der Waals surface area contributed by atoms with Gasteiger partial charge >= 0.3 is 0 Å². The molecule has 0 amide bonds. The lowest BCUT2D eigenvalue weighted by atomic mass is 10.0. The highest BCUT2D eigenvalue weighted by molar-refractivity contribution is 7.09. The van der Waals surface area contributed by atoms with Crippen LogP contribution in [0, 0.1) is 6.92 Å². The first-order valence-electron chi connectivity index (χ1n) is 4.99. The predicted octanol–water partition coefficient (Wildman–Crippen LogP) is 1.65. The molecule has 5 heteroatoms. The van der Waals surface area contributed by atoms with E-state index >= 15 is 0 Å². The summed E-state index contributed by atoms with van der Waals surface area (Å²) in [5.74, 6) is 5.60. The van der Waals surface area contributed by atoms with Crippen molar-refractivity contribution in [3.8, 4) is 0 Å². The van der Waals surface area contributed by atoms with E-state index in [0.29, 0.717) is 0 Å². The summed E-state index contributed by atoms with van der Waals surface area (Å²) in [6.07, 6.45) is 3.92. The van der Waals surface area contributed by atoms with Gasteiger partial charge in [0.1, 0.15) is 0 Å². The van der Waals surface area contributed by atoms with Crippen molar-refractivity contribution in [1.29, 1.82) is 0 Å². The van der Waals surface area contributed by atoms with Crippen molar-refractivity contribution in [3.63, 3.8) is 0 Å². The number of rotatable bonds is 3. The Kier molecular flexibility index (Phi) is 3.35. The van der Waals surface area contributed by atoms with Crippen LogP contribution < -0.4 is 11.3 Å². The SMILES string of the molecule is Cc1ncsc1C(NN)C1=COCCC1. The van der Waals surface area contributed by atoms with E-state index in [1.54, 1.807) is 11.3 Å². The van der Waals surface area contributed by atoms with Crippen molar-refractivity contribution in [2.45, 2.75) is 25.8 Å². The molecule has 1 unspecified atom stereocenters. The molecule has 0 spiro atoms. The normalized spacial score (nSPS) is 18.1. The number of nitrogens with one attached hydrogen (secondary N) is 1. The minimum Gasteiger partial charge on any atom is -0.501 e. The van der Waals surface area contributed by atoms with Gasteiger partial charge in [-0.1, -0.05) is 0 Å². The number of aromatic nitrogens is 1. The summed E-state index contributed by atoms with van der Waals surface area (Å²) in [6.45, 7) is 2.81. The second-order valence-corrected chi connectivity index (χ2v) is 4.46. The van der Waals surface area contributed by atoms with E-state index in [1.165, 1.54) is 10.5 Å². The van der Waals surface area contributed by atoms with Crippen molar-refractivity contribution in [2.24, 2.45) is 5.84 Å². The van der Waals surface area contributed by atoms with Crippen LogP contribution in [0.5, 0.6) is 0 Å². The van der Waals surface area contributed by atoms with Gasteiger partial charge in [0, 0.05) is 4.88 Å². The minimum absolute atomic E-state index is 0.0535. The average Bonchev–Trinajstić information content (AvgIpc) is 2.68. The second-order valence-electron chi connectivity index (χ2n) is 3.57. The quantitative estimate of drug-likeness (QED) is 0.606. The van der Waals surface area contributed by atoms with Crippen LogP contribution >= 0.6 is 11.3 Å². The maximum atomic E-state index is 5.60. The van der Waals surface area contributed by atoms with Crippen LogP contribution in [0.3, 0.4) is 0 Å². The van der Waals surface area contributed by atoms with Crippen LogP contribution in [-0.4, -0.2) is 11.6 Å². The number of hydrogen-bond acceptors (Lipinski definition) is 5. The maximum absolute atomic E-state index is 5.60. The fourth-order valence-corrected chi connectivity index (χ4v) is 2.64. The number of ether oxygens (including phenoxy) is 1. The Labute approximate surface area is 93.1 Å². The van der Waals surface area contributed by atoms with Crippen molar-refractivity contribution < 1.29 is 4.74 Å². The van der Waals surface area contributed by atoms with Crippen molar-refractivity contribution in [3.05, 3.63) is 27.9 Å². The lowest BCUT2D eigenvalue weighted by Crippen LogP contribution is -2.30. The molecule has 1 aromatic rings. The highest BCUT2D eigenvalue weighted by Crippen LogP contribution is 2.31. The van der Waals surface area contributed by atoms with E-state index < -0.39 is 0 Å². The van der Waals surface area contributed by atoms with E-state index in [2.05, 4.69) is 10.4 Å². The van der Waals surface area contributed by atoms with Crippen molar-refractivity contribution in [1.82, 2.24) is 10.4 Å². The maximum Gasteiger partial charge on any atom is 0.0876 e. The van der Waals surface area contributed by atoms with Crippen LogP contribution in [0.15, 0.2) is 17.3 Å². The zero-order valence-electron chi connectivity index (χ0n) is 8.69. The molecule has 82 valence electrons. The highest BCUT2D eigenvalue weighted by Gasteiger charge is 2.20. The van der Waals surface area contributed by atoms with Crippen molar-refractivity contribution >= 4 is 11.3 Å². The van der Waals surface area contributed by atoms with Gasteiger partial charge < -0.3 is 4.74 Å². The van der Waals surface area contributed by atoms with Gasteiger partial charge in [-0.05, 0) is 25.3 Å². The Hall–Kier alpha value is -0.910. The lowest BCUT2D eigenvalue weighted by Gasteiger charge is -2.21. The molecular formula is C10H15N3OS. The summed E-state index contributed by atoms with van der Waals surface area (Å²) in [4.78, 5) is 5.41. The Balaban J connectivity index is 2.24. The Morgan fingerprint density at radius 3 is 3.07 bits per heavy atom. The van der Waals surface area contributed by atoms with Crippen LogP contribution in [0.1, 0.15) is 29.5 Å². The van der Waals surface area contributed by atoms with Gasteiger partial charge in [0.2, 0.25) is 0 Å². The van der Waals surface area contributed by atoms with Gasteiger partial charge in [0.15, 0.2) is 0 Å². The van der Waals surface area contributed by atoms with E-state index in [4.69, 9.17) is 10.6 Å². The summed E-state index contributed by atoms with van der Waals surface area (Å²) in [5.41, 5.74) is 6.92. The molecule has 0 aromatic carbocycles. The van der Waals surface area contributed by atoms with E-state index in [9.17, 15) is 0 Å². The number of thiazole rings is 1. The molecule has 0 saturated carbocycles. The number of aryl methyl sites for hydroxylation is 1. The van der Waals surface area contributed by atoms with Crippen LogP contribution in [-0.2, 0) is 4.74 Å². The Morgan fingerprint density at radius 1 is 1.67 bits per heavy atom. The van der Waals surface area contributed by atoms with Gasteiger partial charge in [0.05, 0.1) is 30.1 Å². The Bertz CT molecular complexity index is 361. The minimum atomic E-state index is 0.0535. The van der Waals surface area contributed by atoms with E-state index in [0.717, 1.165) is 25.1 Å². The molecule has 0 fully saturated rings. The fraction of sp³-hybridized carbons (Fsp3) is 0.500. The van der Waals surface area contributed by atoms with Gasteiger partial charge in [-0.3, -0.25) is 5.84 Å². The monoisotopic (exact) mass is 225 g/mol. The van der Waals surface area contributed by atoms with Gasteiger partial charge in [-0.2, -0.15) is 0 Å². The number of nitrogens with two attached hydrogens (primary N) is 1.